The summed E-state index contributed by atoms with van der Waals surface area (Å²) in [5.74, 6) is 0. The van der Waals surface area contributed by atoms with Gasteiger partial charge in [-0.3, -0.25) is 4.98 Å². The van der Waals surface area contributed by atoms with Gasteiger partial charge >= 0.3 is 0 Å². The summed E-state index contributed by atoms with van der Waals surface area (Å²) in [5, 5.41) is 3.34. The van der Waals surface area contributed by atoms with E-state index in [9.17, 15) is 0 Å². The van der Waals surface area contributed by atoms with E-state index in [2.05, 4.69) is 15.0 Å². The number of aromatic nitrogens is 3. The number of rotatable bonds is 1. The zero-order chi connectivity index (χ0) is 9.26. The Morgan fingerprint density at radius 2 is 2.08 bits per heavy atom. The highest BCUT2D eigenvalue weighted by atomic mass is 35.5. The molecule has 2 heterocycles. The molecule has 0 atom stereocenters. The van der Waals surface area contributed by atoms with Crippen molar-refractivity contribution in [2.45, 2.75) is 6.92 Å². The third-order valence-electron chi connectivity index (χ3n) is 1.49. The van der Waals surface area contributed by atoms with Crippen molar-refractivity contribution in [1.82, 2.24) is 15.0 Å². The van der Waals surface area contributed by atoms with Gasteiger partial charge in [-0.15, -0.1) is 11.3 Å². The first-order valence-electron chi connectivity index (χ1n) is 3.66. The fraction of sp³-hybridized carbons (Fsp3) is 0.125. The Kier molecular flexibility index (Phi) is 2.24. The van der Waals surface area contributed by atoms with Crippen LogP contribution in [0.5, 0.6) is 0 Å². The van der Waals surface area contributed by atoms with Gasteiger partial charge in [-0.25, -0.2) is 9.97 Å². The molecule has 0 unspecified atom stereocenters. The fourth-order valence-electron chi connectivity index (χ4n) is 0.947. The van der Waals surface area contributed by atoms with E-state index in [1.807, 2.05) is 12.3 Å². The van der Waals surface area contributed by atoms with Crippen LogP contribution in [-0.2, 0) is 0 Å². The van der Waals surface area contributed by atoms with Gasteiger partial charge in [-0.1, -0.05) is 11.6 Å². The van der Waals surface area contributed by atoms with E-state index < -0.39 is 0 Å². The van der Waals surface area contributed by atoms with Crippen LogP contribution in [0.4, 0.5) is 0 Å². The number of hydrogen-bond donors (Lipinski definition) is 0. The van der Waals surface area contributed by atoms with Crippen molar-refractivity contribution < 1.29 is 0 Å². The number of nitrogens with zero attached hydrogens (tertiary/aromatic N) is 3. The van der Waals surface area contributed by atoms with E-state index in [4.69, 9.17) is 11.6 Å². The lowest BCUT2D eigenvalue weighted by Gasteiger charge is -1.94. The normalized spacial score (nSPS) is 10.3. The minimum atomic E-state index is 0.392. The number of halogens is 1. The Morgan fingerprint density at radius 1 is 1.23 bits per heavy atom. The van der Waals surface area contributed by atoms with Gasteiger partial charge in [-0.2, -0.15) is 0 Å². The van der Waals surface area contributed by atoms with Gasteiger partial charge in [0.05, 0.1) is 17.4 Å². The van der Waals surface area contributed by atoms with Gasteiger partial charge in [0, 0.05) is 5.38 Å². The van der Waals surface area contributed by atoms with Crippen LogP contribution in [0.2, 0.25) is 5.15 Å². The summed E-state index contributed by atoms with van der Waals surface area (Å²) in [6, 6.07) is 0. The maximum atomic E-state index is 5.70. The highest BCUT2D eigenvalue weighted by molar-refractivity contribution is 7.09. The Balaban J connectivity index is 2.46. The van der Waals surface area contributed by atoms with Gasteiger partial charge in [-0.05, 0) is 6.92 Å². The summed E-state index contributed by atoms with van der Waals surface area (Å²) < 4.78 is 0. The smallest absolute Gasteiger partial charge is 0.148 e. The molecule has 0 aliphatic rings. The molecule has 2 aromatic rings. The van der Waals surface area contributed by atoms with Gasteiger partial charge in [0.25, 0.3) is 0 Å². The Morgan fingerprint density at radius 3 is 2.69 bits per heavy atom. The minimum absolute atomic E-state index is 0.392. The highest BCUT2D eigenvalue weighted by Crippen LogP contribution is 2.19. The van der Waals surface area contributed by atoms with Crippen molar-refractivity contribution in [1.29, 1.82) is 0 Å². The first kappa shape index (κ1) is 8.59. The maximum absolute atomic E-state index is 5.70. The van der Waals surface area contributed by atoms with E-state index in [-0.39, 0.29) is 0 Å². The third kappa shape index (κ3) is 1.84. The molecule has 0 saturated carbocycles. The second-order valence-corrected chi connectivity index (χ2v) is 3.93. The minimum Gasteiger partial charge on any atom is -0.259 e. The van der Waals surface area contributed by atoms with Gasteiger partial charge in [0.2, 0.25) is 0 Å². The summed E-state index contributed by atoms with van der Waals surface area (Å²) in [5.41, 5.74) is 1.55. The zero-order valence-corrected chi connectivity index (χ0v) is 8.43. The molecule has 0 bridgehead atoms. The SMILES string of the molecule is Cc1nc(-c2cncc(Cl)n2)cs1. The van der Waals surface area contributed by atoms with Crippen LogP contribution >= 0.6 is 22.9 Å². The monoisotopic (exact) mass is 211 g/mol. The van der Waals surface area contributed by atoms with Crippen LogP contribution in [0.3, 0.4) is 0 Å². The van der Waals surface area contributed by atoms with Crippen LogP contribution in [0.1, 0.15) is 5.01 Å². The quantitative estimate of drug-likeness (QED) is 0.728. The molecule has 0 N–H and O–H groups in total. The lowest BCUT2D eigenvalue weighted by Crippen LogP contribution is -1.85. The van der Waals surface area contributed by atoms with E-state index >= 15 is 0 Å². The first-order chi connectivity index (χ1) is 6.25. The van der Waals surface area contributed by atoms with Crippen LogP contribution in [0.15, 0.2) is 17.8 Å². The summed E-state index contributed by atoms with van der Waals surface area (Å²) in [4.78, 5) is 12.3. The Labute approximate surface area is 84.5 Å². The fourth-order valence-corrected chi connectivity index (χ4v) is 1.70. The lowest BCUT2D eigenvalue weighted by molar-refractivity contribution is 1.18. The predicted molar refractivity (Wildman–Crippen MR) is 52.9 cm³/mol. The number of hydrogen-bond acceptors (Lipinski definition) is 4. The van der Waals surface area contributed by atoms with Crippen LogP contribution in [-0.4, -0.2) is 15.0 Å². The van der Waals surface area contributed by atoms with Crippen molar-refractivity contribution in [3.05, 3.63) is 27.9 Å². The molecule has 2 rings (SSSR count). The summed E-state index contributed by atoms with van der Waals surface area (Å²) in [7, 11) is 0. The second kappa shape index (κ2) is 3.40. The maximum Gasteiger partial charge on any atom is 0.148 e. The van der Waals surface area contributed by atoms with Crippen LogP contribution in [0, 0.1) is 6.92 Å². The summed E-state index contributed by atoms with van der Waals surface area (Å²) in [6.45, 7) is 1.95. The van der Waals surface area contributed by atoms with E-state index in [0.29, 0.717) is 5.15 Å². The van der Waals surface area contributed by atoms with Crippen molar-refractivity contribution in [2.75, 3.05) is 0 Å². The van der Waals surface area contributed by atoms with Crippen molar-refractivity contribution in [2.24, 2.45) is 0 Å². The molecule has 0 aliphatic heterocycles. The molecular weight excluding hydrogens is 206 g/mol. The standard InChI is InChI=1S/C8H6ClN3S/c1-5-11-7(4-13-5)6-2-10-3-8(9)12-6/h2-4H,1H3. The summed E-state index contributed by atoms with van der Waals surface area (Å²) >= 11 is 7.29. The Hall–Kier alpha value is -1.00. The van der Waals surface area contributed by atoms with Gasteiger partial charge in [0.15, 0.2) is 0 Å². The molecule has 3 nitrogen and oxygen atoms in total. The molecule has 0 amide bonds. The molecule has 13 heavy (non-hydrogen) atoms. The molecule has 0 aromatic carbocycles. The first-order valence-corrected chi connectivity index (χ1v) is 4.91. The van der Waals surface area contributed by atoms with Gasteiger partial charge < -0.3 is 0 Å². The molecule has 5 heteroatoms. The van der Waals surface area contributed by atoms with Gasteiger partial charge in [0.1, 0.15) is 16.5 Å². The highest BCUT2D eigenvalue weighted by Gasteiger charge is 2.03. The molecule has 0 fully saturated rings. The molecule has 0 radical (unpaired) electrons. The second-order valence-electron chi connectivity index (χ2n) is 2.48. The topological polar surface area (TPSA) is 38.7 Å². The molecule has 0 aliphatic carbocycles. The van der Waals surface area contributed by atoms with Crippen molar-refractivity contribution in [3.8, 4) is 11.4 Å². The largest absolute Gasteiger partial charge is 0.259 e. The van der Waals surface area contributed by atoms with Crippen LogP contribution < -0.4 is 0 Å². The predicted octanol–water partition coefficient (Wildman–Crippen LogP) is 2.56. The Bertz CT molecular complexity index is 427. The summed E-state index contributed by atoms with van der Waals surface area (Å²) in [6.07, 6.45) is 3.16. The number of aryl methyl sites for hydroxylation is 1. The zero-order valence-electron chi connectivity index (χ0n) is 6.86. The lowest BCUT2D eigenvalue weighted by atomic mass is 10.4. The molecular formula is C8H6ClN3S. The third-order valence-corrected chi connectivity index (χ3v) is 2.44. The average molecular weight is 212 g/mol. The van der Waals surface area contributed by atoms with E-state index in [1.165, 1.54) is 6.20 Å². The average Bonchev–Trinajstić information content (AvgIpc) is 2.52. The van der Waals surface area contributed by atoms with Crippen molar-refractivity contribution >= 4 is 22.9 Å². The molecule has 0 saturated heterocycles. The number of thiazole rings is 1. The molecule has 2 aromatic heterocycles. The van der Waals surface area contributed by atoms with E-state index in [1.54, 1.807) is 17.5 Å². The molecule has 66 valence electrons. The van der Waals surface area contributed by atoms with Crippen LogP contribution in [0.25, 0.3) is 11.4 Å². The van der Waals surface area contributed by atoms with Crippen molar-refractivity contribution in [3.63, 3.8) is 0 Å². The molecule has 0 spiro atoms. The van der Waals surface area contributed by atoms with E-state index in [0.717, 1.165) is 16.4 Å².